The van der Waals surface area contributed by atoms with Crippen molar-refractivity contribution in [3.8, 4) is 0 Å². The Labute approximate surface area is 173 Å². The zero-order valence-electron chi connectivity index (χ0n) is 17.2. The number of hydrogen-bond donors (Lipinski definition) is 1. The van der Waals surface area contributed by atoms with Gasteiger partial charge in [-0.25, -0.2) is 0 Å². The Morgan fingerprint density at radius 1 is 0.897 bits per heavy atom. The van der Waals surface area contributed by atoms with E-state index in [0.29, 0.717) is 19.5 Å². The molecule has 1 aliphatic carbocycles. The molecule has 2 amide bonds. The molecule has 4 nitrogen and oxygen atoms in total. The summed E-state index contributed by atoms with van der Waals surface area (Å²) in [6, 6.07) is 14.2. The molecule has 1 heterocycles. The zero-order chi connectivity index (χ0) is 20.1. The first-order valence-corrected chi connectivity index (χ1v) is 11.3. The molecule has 4 rings (SSSR count). The molecule has 0 spiro atoms. The van der Waals surface area contributed by atoms with Crippen LogP contribution in [-0.2, 0) is 4.79 Å². The highest BCUT2D eigenvalue weighted by atomic mass is 16.2. The predicted molar refractivity (Wildman–Crippen MR) is 117 cm³/mol. The van der Waals surface area contributed by atoms with E-state index in [1.54, 1.807) is 0 Å². The topological polar surface area (TPSA) is 49.4 Å². The minimum Gasteiger partial charge on any atom is -0.353 e. The lowest BCUT2D eigenvalue weighted by Crippen LogP contribution is -2.46. The number of amides is 2. The van der Waals surface area contributed by atoms with Gasteiger partial charge < -0.3 is 10.2 Å². The summed E-state index contributed by atoms with van der Waals surface area (Å²) < 4.78 is 0. The Hall–Kier alpha value is -2.36. The Morgan fingerprint density at radius 3 is 2.41 bits per heavy atom. The number of hydrogen-bond acceptors (Lipinski definition) is 2. The summed E-state index contributed by atoms with van der Waals surface area (Å²) in [6.07, 6.45) is 9.97. The molecule has 2 aromatic rings. The van der Waals surface area contributed by atoms with E-state index in [1.807, 2.05) is 47.4 Å². The van der Waals surface area contributed by atoms with Gasteiger partial charge in [0.05, 0.1) is 0 Å². The average Bonchev–Trinajstić information content (AvgIpc) is 2.78. The summed E-state index contributed by atoms with van der Waals surface area (Å²) in [5.41, 5.74) is 0.776. The van der Waals surface area contributed by atoms with Crippen LogP contribution in [0.2, 0.25) is 0 Å². The number of carbonyl (C=O) groups is 2. The van der Waals surface area contributed by atoms with Crippen LogP contribution in [0.3, 0.4) is 0 Å². The van der Waals surface area contributed by atoms with E-state index in [4.69, 9.17) is 0 Å². The highest BCUT2D eigenvalue weighted by Crippen LogP contribution is 2.27. The van der Waals surface area contributed by atoms with Gasteiger partial charge in [0, 0.05) is 31.1 Å². The molecule has 0 aromatic heterocycles. The molecule has 1 N–H and O–H groups in total. The Balaban J connectivity index is 1.26. The number of rotatable bonds is 5. The van der Waals surface area contributed by atoms with Crippen molar-refractivity contribution in [1.29, 1.82) is 0 Å². The monoisotopic (exact) mass is 392 g/mol. The molecule has 1 saturated carbocycles. The van der Waals surface area contributed by atoms with Crippen LogP contribution in [0.25, 0.3) is 10.8 Å². The van der Waals surface area contributed by atoms with E-state index in [0.717, 1.165) is 41.5 Å². The van der Waals surface area contributed by atoms with Gasteiger partial charge in [-0.05, 0) is 42.0 Å². The van der Waals surface area contributed by atoms with Gasteiger partial charge in [0.15, 0.2) is 0 Å². The fraction of sp³-hybridized carbons (Fsp3) is 0.520. The molecular weight excluding hydrogens is 360 g/mol. The van der Waals surface area contributed by atoms with Crippen molar-refractivity contribution < 1.29 is 9.59 Å². The molecule has 2 fully saturated rings. The van der Waals surface area contributed by atoms with Crippen LogP contribution in [0.4, 0.5) is 0 Å². The molecule has 2 aromatic carbocycles. The largest absolute Gasteiger partial charge is 0.353 e. The van der Waals surface area contributed by atoms with Gasteiger partial charge >= 0.3 is 0 Å². The molecule has 0 radical (unpaired) electrons. The van der Waals surface area contributed by atoms with Crippen LogP contribution in [-0.4, -0.2) is 35.8 Å². The van der Waals surface area contributed by atoms with Crippen molar-refractivity contribution >= 4 is 22.6 Å². The van der Waals surface area contributed by atoms with Crippen molar-refractivity contribution in [3.05, 3.63) is 48.0 Å². The predicted octanol–water partition coefficient (Wildman–Crippen LogP) is 4.92. The van der Waals surface area contributed by atoms with Crippen LogP contribution >= 0.6 is 0 Å². The lowest BCUT2D eigenvalue weighted by atomic mass is 9.86. The Kier molecular flexibility index (Phi) is 6.48. The summed E-state index contributed by atoms with van der Waals surface area (Å²) in [5, 5.41) is 5.32. The van der Waals surface area contributed by atoms with E-state index in [9.17, 15) is 9.59 Å². The summed E-state index contributed by atoms with van der Waals surface area (Å²) in [4.78, 5) is 27.3. The molecule has 1 saturated heterocycles. The standard InChI is InChI=1S/C25H32N2O2/c28-24(14-13-19-7-2-1-3-8-19)26-21-15-17-27(18-16-21)25(29)23-12-6-10-20-9-4-5-11-22(20)23/h4-6,9-12,19,21H,1-3,7-8,13-18H2,(H,26,28). The van der Waals surface area contributed by atoms with E-state index < -0.39 is 0 Å². The van der Waals surface area contributed by atoms with Crippen molar-refractivity contribution in [2.45, 2.75) is 63.8 Å². The van der Waals surface area contributed by atoms with Crippen LogP contribution in [0.5, 0.6) is 0 Å². The molecule has 1 aliphatic heterocycles. The second-order valence-corrected chi connectivity index (χ2v) is 8.70. The number of nitrogens with one attached hydrogen (secondary N) is 1. The third kappa shape index (κ3) is 4.98. The van der Waals surface area contributed by atoms with Gasteiger partial charge in [-0.15, -0.1) is 0 Å². The second-order valence-electron chi connectivity index (χ2n) is 8.70. The highest BCUT2D eigenvalue weighted by molar-refractivity contribution is 6.07. The fourth-order valence-corrected chi connectivity index (χ4v) is 4.92. The van der Waals surface area contributed by atoms with Crippen LogP contribution < -0.4 is 5.32 Å². The first-order chi connectivity index (χ1) is 14.2. The molecule has 2 aliphatic rings. The van der Waals surface area contributed by atoms with E-state index >= 15 is 0 Å². The van der Waals surface area contributed by atoms with Gasteiger partial charge in [-0.2, -0.15) is 0 Å². The van der Waals surface area contributed by atoms with Crippen molar-refractivity contribution in [3.63, 3.8) is 0 Å². The lowest BCUT2D eigenvalue weighted by molar-refractivity contribution is -0.122. The number of fused-ring (bicyclic) bond motifs is 1. The quantitative estimate of drug-likeness (QED) is 0.785. The normalized spacial score (nSPS) is 18.7. The van der Waals surface area contributed by atoms with Crippen molar-refractivity contribution in [2.24, 2.45) is 5.92 Å². The van der Waals surface area contributed by atoms with Crippen LogP contribution in [0, 0.1) is 5.92 Å². The van der Waals surface area contributed by atoms with Crippen molar-refractivity contribution in [2.75, 3.05) is 13.1 Å². The van der Waals surface area contributed by atoms with Gasteiger partial charge in [0.2, 0.25) is 5.91 Å². The van der Waals surface area contributed by atoms with Gasteiger partial charge in [0.1, 0.15) is 0 Å². The number of nitrogens with zero attached hydrogens (tertiary/aromatic N) is 1. The minimum atomic E-state index is 0.101. The van der Waals surface area contributed by atoms with E-state index in [1.165, 1.54) is 32.1 Å². The SMILES string of the molecule is O=C(CCC1CCCCC1)NC1CCN(C(=O)c2cccc3ccccc23)CC1. The van der Waals surface area contributed by atoms with Crippen LogP contribution in [0.15, 0.2) is 42.5 Å². The fourth-order valence-electron chi connectivity index (χ4n) is 4.92. The van der Waals surface area contributed by atoms with E-state index in [-0.39, 0.29) is 17.9 Å². The van der Waals surface area contributed by atoms with Crippen molar-refractivity contribution in [1.82, 2.24) is 10.2 Å². The maximum absolute atomic E-state index is 13.1. The zero-order valence-corrected chi connectivity index (χ0v) is 17.2. The molecule has 29 heavy (non-hydrogen) atoms. The number of benzene rings is 2. The second kappa shape index (κ2) is 9.43. The minimum absolute atomic E-state index is 0.101. The molecular formula is C25H32N2O2. The molecule has 0 unspecified atom stereocenters. The number of likely N-dealkylation sites (tertiary alicyclic amines) is 1. The first-order valence-electron chi connectivity index (χ1n) is 11.3. The maximum atomic E-state index is 13.1. The molecule has 0 bridgehead atoms. The van der Waals surface area contributed by atoms with E-state index in [2.05, 4.69) is 5.32 Å². The summed E-state index contributed by atoms with van der Waals surface area (Å²) in [7, 11) is 0. The van der Waals surface area contributed by atoms with Crippen LogP contribution in [0.1, 0.15) is 68.1 Å². The first kappa shape index (κ1) is 19.9. The maximum Gasteiger partial charge on any atom is 0.254 e. The average molecular weight is 393 g/mol. The third-order valence-electron chi connectivity index (χ3n) is 6.67. The summed E-state index contributed by atoms with van der Waals surface area (Å²) >= 11 is 0. The highest BCUT2D eigenvalue weighted by Gasteiger charge is 2.25. The number of carbonyl (C=O) groups excluding carboxylic acids is 2. The molecule has 154 valence electrons. The molecule has 0 atom stereocenters. The Morgan fingerprint density at radius 2 is 1.62 bits per heavy atom. The Bertz CT molecular complexity index is 844. The summed E-state index contributed by atoms with van der Waals surface area (Å²) in [5.74, 6) is 1.04. The van der Waals surface area contributed by atoms with Gasteiger partial charge in [-0.3, -0.25) is 9.59 Å². The third-order valence-corrected chi connectivity index (χ3v) is 6.67. The number of piperidine rings is 1. The van der Waals surface area contributed by atoms with Gasteiger partial charge in [0.25, 0.3) is 5.91 Å². The van der Waals surface area contributed by atoms with Gasteiger partial charge in [-0.1, -0.05) is 68.5 Å². The summed E-state index contributed by atoms with van der Waals surface area (Å²) in [6.45, 7) is 1.41. The smallest absolute Gasteiger partial charge is 0.254 e. The molecule has 4 heteroatoms. The lowest BCUT2D eigenvalue weighted by Gasteiger charge is -2.33.